The summed E-state index contributed by atoms with van der Waals surface area (Å²) in [7, 11) is 0. The van der Waals surface area contributed by atoms with Crippen molar-refractivity contribution in [1.29, 1.82) is 0 Å². The minimum absolute atomic E-state index is 0.0432. The maximum Gasteiger partial charge on any atom is 0.220 e. The fourth-order valence-electron chi connectivity index (χ4n) is 1.85. The molecule has 3 nitrogen and oxygen atoms in total. The lowest BCUT2D eigenvalue weighted by atomic mass is 10.2. The van der Waals surface area contributed by atoms with E-state index in [2.05, 4.69) is 22.8 Å². The molecule has 0 fully saturated rings. The standard InChI is InChI=1S/C16H19NO2S3/c1-12-4-6-15(22-12)14(18)5-7-16(19)17-8-10-20-11-13-3-2-9-21-13/h2-4,6,9H,5,7-8,10-11H2,1H3,(H,17,19). The lowest BCUT2D eigenvalue weighted by Crippen LogP contribution is -2.26. The molecule has 0 radical (unpaired) electrons. The first kappa shape index (κ1) is 17.2. The molecule has 0 bridgehead atoms. The first-order chi connectivity index (χ1) is 10.6. The number of Topliss-reactive ketones (excluding diaryl/α,β-unsaturated/α-hetero) is 1. The molecule has 2 rings (SSSR count). The van der Waals surface area contributed by atoms with E-state index in [1.807, 2.05) is 30.8 Å². The van der Waals surface area contributed by atoms with Crippen molar-refractivity contribution < 1.29 is 9.59 Å². The summed E-state index contributed by atoms with van der Waals surface area (Å²) in [4.78, 5) is 26.8. The molecule has 118 valence electrons. The summed E-state index contributed by atoms with van der Waals surface area (Å²) in [5.74, 6) is 1.89. The summed E-state index contributed by atoms with van der Waals surface area (Å²) in [6.07, 6.45) is 0.555. The zero-order chi connectivity index (χ0) is 15.8. The molecule has 0 unspecified atom stereocenters. The van der Waals surface area contributed by atoms with E-state index in [1.54, 1.807) is 11.3 Å². The highest BCUT2D eigenvalue weighted by Crippen LogP contribution is 2.18. The number of aryl methyl sites for hydroxylation is 1. The summed E-state index contributed by atoms with van der Waals surface area (Å²) >= 11 is 5.05. The molecule has 22 heavy (non-hydrogen) atoms. The molecule has 0 aliphatic carbocycles. The molecule has 1 amide bonds. The average molecular weight is 354 g/mol. The number of thiophene rings is 2. The van der Waals surface area contributed by atoms with Crippen LogP contribution >= 0.6 is 34.4 Å². The van der Waals surface area contributed by atoms with E-state index in [0.29, 0.717) is 6.54 Å². The van der Waals surface area contributed by atoms with Crippen molar-refractivity contribution in [3.63, 3.8) is 0 Å². The highest BCUT2D eigenvalue weighted by Gasteiger charge is 2.10. The Kier molecular flexibility index (Phi) is 7.15. The fourth-order valence-corrected chi connectivity index (χ4v) is 4.39. The van der Waals surface area contributed by atoms with Crippen LogP contribution in [-0.2, 0) is 10.5 Å². The molecule has 2 aromatic heterocycles. The van der Waals surface area contributed by atoms with Gasteiger partial charge in [0.05, 0.1) is 4.88 Å². The molecule has 2 heterocycles. The van der Waals surface area contributed by atoms with E-state index < -0.39 is 0 Å². The summed E-state index contributed by atoms with van der Waals surface area (Å²) in [6, 6.07) is 7.94. The number of hydrogen-bond acceptors (Lipinski definition) is 5. The molecule has 0 aromatic carbocycles. The summed E-state index contributed by atoms with van der Waals surface area (Å²) < 4.78 is 0. The fraction of sp³-hybridized carbons (Fsp3) is 0.375. The van der Waals surface area contributed by atoms with Crippen LogP contribution in [-0.4, -0.2) is 24.0 Å². The van der Waals surface area contributed by atoms with Crippen molar-refractivity contribution in [2.24, 2.45) is 0 Å². The molecule has 0 aliphatic heterocycles. The normalized spacial score (nSPS) is 10.6. The smallest absolute Gasteiger partial charge is 0.220 e. The zero-order valence-corrected chi connectivity index (χ0v) is 14.9. The number of ketones is 1. The molecular formula is C16H19NO2S3. The van der Waals surface area contributed by atoms with Gasteiger partial charge in [-0.1, -0.05) is 6.07 Å². The highest BCUT2D eigenvalue weighted by atomic mass is 32.2. The Balaban J connectivity index is 1.55. The van der Waals surface area contributed by atoms with Crippen LogP contribution in [0.3, 0.4) is 0 Å². The first-order valence-electron chi connectivity index (χ1n) is 7.11. The van der Waals surface area contributed by atoms with Gasteiger partial charge in [0.15, 0.2) is 5.78 Å². The monoisotopic (exact) mass is 353 g/mol. The molecule has 0 saturated carbocycles. The Morgan fingerprint density at radius 2 is 2.09 bits per heavy atom. The van der Waals surface area contributed by atoms with Crippen LogP contribution < -0.4 is 5.32 Å². The molecule has 6 heteroatoms. The number of nitrogens with one attached hydrogen (secondary N) is 1. The number of carbonyl (C=O) groups is 2. The first-order valence-corrected chi connectivity index (χ1v) is 9.96. The number of carbonyl (C=O) groups excluding carboxylic acids is 2. The summed E-state index contributed by atoms with van der Waals surface area (Å²) in [5, 5.41) is 4.94. The van der Waals surface area contributed by atoms with Gasteiger partial charge in [0.2, 0.25) is 5.91 Å². The van der Waals surface area contributed by atoms with Crippen LogP contribution in [0, 0.1) is 6.92 Å². The van der Waals surface area contributed by atoms with Crippen LogP contribution in [0.4, 0.5) is 0 Å². The van der Waals surface area contributed by atoms with E-state index in [0.717, 1.165) is 21.3 Å². The van der Waals surface area contributed by atoms with Gasteiger partial charge >= 0.3 is 0 Å². The van der Waals surface area contributed by atoms with Gasteiger partial charge in [-0.25, -0.2) is 0 Å². The van der Waals surface area contributed by atoms with E-state index in [4.69, 9.17) is 0 Å². The van der Waals surface area contributed by atoms with E-state index >= 15 is 0 Å². The van der Waals surface area contributed by atoms with Crippen LogP contribution in [0.1, 0.15) is 32.3 Å². The quantitative estimate of drug-likeness (QED) is 0.544. The third kappa shape index (κ3) is 5.94. The molecule has 2 aromatic rings. The van der Waals surface area contributed by atoms with E-state index in [1.165, 1.54) is 16.2 Å². The van der Waals surface area contributed by atoms with Gasteiger partial charge in [-0.05, 0) is 30.5 Å². The van der Waals surface area contributed by atoms with Crippen LogP contribution in [0.15, 0.2) is 29.6 Å². The van der Waals surface area contributed by atoms with Gasteiger partial charge < -0.3 is 5.32 Å². The molecule has 0 spiro atoms. The number of amides is 1. The topological polar surface area (TPSA) is 46.2 Å². The van der Waals surface area contributed by atoms with Crippen molar-refractivity contribution in [3.05, 3.63) is 44.3 Å². The SMILES string of the molecule is Cc1ccc(C(=O)CCC(=O)NCCSCc2cccs2)s1. The van der Waals surface area contributed by atoms with Gasteiger partial charge in [0.1, 0.15) is 0 Å². The maximum atomic E-state index is 11.9. The third-order valence-corrected chi connectivity index (χ3v) is 6.10. The van der Waals surface area contributed by atoms with Gasteiger partial charge in [-0.15, -0.1) is 22.7 Å². The number of rotatable bonds is 9. The lowest BCUT2D eigenvalue weighted by molar-refractivity contribution is -0.120. The molecule has 0 saturated heterocycles. The van der Waals surface area contributed by atoms with E-state index in [9.17, 15) is 9.59 Å². The molecular weight excluding hydrogens is 334 g/mol. The zero-order valence-electron chi connectivity index (χ0n) is 12.5. The van der Waals surface area contributed by atoms with Crippen molar-refractivity contribution >= 4 is 46.1 Å². The molecule has 0 atom stereocenters. The van der Waals surface area contributed by atoms with Gasteiger partial charge in [-0.2, -0.15) is 11.8 Å². The highest BCUT2D eigenvalue weighted by molar-refractivity contribution is 7.98. The second-order valence-corrected chi connectivity index (χ2v) is 8.24. The van der Waals surface area contributed by atoms with Crippen LogP contribution in [0.2, 0.25) is 0 Å². The summed E-state index contributed by atoms with van der Waals surface area (Å²) in [6.45, 7) is 2.63. The van der Waals surface area contributed by atoms with Crippen LogP contribution in [0.5, 0.6) is 0 Å². The summed E-state index contributed by atoms with van der Waals surface area (Å²) in [5.41, 5.74) is 0. The molecule has 1 N–H and O–H groups in total. The van der Waals surface area contributed by atoms with Crippen molar-refractivity contribution in [2.75, 3.05) is 12.3 Å². The predicted octanol–water partition coefficient (Wildman–Crippen LogP) is 4.13. The van der Waals surface area contributed by atoms with Crippen molar-refractivity contribution in [3.8, 4) is 0 Å². The van der Waals surface area contributed by atoms with Crippen molar-refractivity contribution in [2.45, 2.75) is 25.5 Å². The average Bonchev–Trinajstić information content (AvgIpc) is 3.16. The number of hydrogen-bond donors (Lipinski definition) is 1. The van der Waals surface area contributed by atoms with E-state index in [-0.39, 0.29) is 24.5 Å². The third-order valence-electron chi connectivity index (χ3n) is 2.99. The number of thioether (sulfide) groups is 1. The van der Waals surface area contributed by atoms with Crippen molar-refractivity contribution in [1.82, 2.24) is 5.32 Å². The Bertz CT molecular complexity index is 605. The molecule has 0 aliphatic rings. The second-order valence-electron chi connectivity index (χ2n) is 4.82. The Hall–Kier alpha value is -1.11. The van der Waals surface area contributed by atoms with Gasteiger partial charge in [0.25, 0.3) is 0 Å². The minimum atomic E-state index is -0.0432. The Morgan fingerprint density at radius 3 is 2.77 bits per heavy atom. The Labute approximate surface area is 143 Å². The minimum Gasteiger partial charge on any atom is -0.355 e. The largest absolute Gasteiger partial charge is 0.355 e. The lowest BCUT2D eigenvalue weighted by Gasteiger charge is -2.04. The van der Waals surface area contributed by atoms with Gasteiger partial charge in [0, 0.05) is 40.6 Å². The predicted molar refractivity (Wildman–Crippen MR) is 96.1 cm³/mol. The second kappa shape index (κ2) is 9.12. The maximum absolute atomic E-state index is 11.9. The van der Waals surface area contributed by atoms with Crippen LogP contribution in [0.25, 0.3) is 0 Å². The van der Waals surface area contributed by atoms with Gasteiger partial charge in [-0.3, -0.25) is 9.59 Å². The Morgan fingerprint density at radius 1 is 1.23 bits per heavy atom.